The van der Waals surface area contributed by atoms with Gasteiger partial charge in [-0.2, -0.15) is 5.10 Å². The highest BCUT2D eigenvalue weighted by Gasteiger charge is 1.88. The number of primary amides is 1. The Balaban J connectivity index is 2.63. The van der Waals surface area contributed by atoms with E-state index in [1.165, 1.54) is 6.21 Å². The van der Waals surface area contributed by atoms with Crippen LogP contribution in [0.1, 0.15) is 11.1 Å². The van der Waals surface area contributed by atoms with Crippen LogP contribution in [0, 0.1) is 6.92 Å². The number of hydrogen-bond acceptors (Lipinski definition) is 2. The van der Waals surface area contributed by atoms with Crippen molar-refractivity contribution < 1.29 is 4.79 Å². The lowest BCUT2D eigenvalue weighted by Gasteiger charge is -1.94. The minimum atomic E-state index is -0.663. The van der Waals surface area contributed by atoms with E-state index in [9.17, 15) is 4.79 Å². The van der Waals surface area contributed by atoms with Crippen LogP contribution in [0.3, 0.4) is 0 Å². The zero-order chi connectivity index (χ0) is 9.68. The van der Waals surface area contributed by atoms with E-state index in [2.05, 4.69) is 10.5 Å². The van der Waals surface area contributed by atoms with E-state index >= 15 is 0 Å². The predicted molar refractivity (Wildman–Crippen MR) is 51.5 cm³/mol. The first-order valence-corrected chi connectivity index (χ1v) is 3.83. The number of nitrogens with zero attached hydrogens (tertiary/aromatic N) is 1. The van der Waals surface area contributed by atoms with Crippen LogP contribution < -0.4 is 11.2 Å². The highest BCUT2D eigenvalue weighted by atomic mass is 16.2. The Morgan fingerprint density at radius 2 is 2.38 bits per heavy atom. The number of hydrazone groups is 1. The molecular weight excluding hydrogens is 166 g/mol. The van der Waals surface area contributed by atoms with Gasteiger partial charge in [-0.15, -0.1) is 0 Å². The number of benzene rings is 1. The minimum absolute atomic E-state index is 0.663. The summed E-state index contributed by atoms with van der Waals surface area (Å²) in [6.07, 6.45) is 1.54. The van der Waals surface area contributed by atoms with Gasteiger partial charge in [-0.25, -0.2) is 10.2 Å². The summed E-state index contributed by atoms with van der Waals surface area (Å²) in [6, 6.07) is 7.08. The van der Waals surface area contributed by atoms with Crippen LogP contribution >= 0.6 is 0 Å². The summed E-state index contributed by atoms with van der Waals surface area (Å²) in [5.74, 6) is 0. The summed E-state index contributed by atoms with van der Waals surface area (Å²) in [6.45, 7) is 1.98. The summed E-state index contributed by atoms with van der Waals surface area (Å²) in [4.78, 5) is 10.3. The average molecular weight is 177 g/mol. The number of aryl methyl sites for hydroxylation is 1. The van der Waals surface area contributed by atoms with E-state index in [0.717, 1.165) is 11.1 Å². The summed E-state index contributed by atoms with van der Waals surface area (Å²) < 4.78 is 0. The average Bonchev–Trinajstić information content (AvgIpc) is 2.03. The summed E-state index contributed by atoms with van der Waals surface area (Å²) >= 11 is 0. The Hall–Kier alpha value is -1.84. The molecule has 0 fully saturated rings. The molecule has 0 heterocycles. The summed E-state index contributed by atoms with van der Waals surface area (Å²) in [5.41, 5.74) is 9.01. The number of nitrogens with two attached hydrogens (primary N) is 1. The molecule has 0 bridgehead atoms. The molecule has 1 rings (SSSR count). The predicted octanol–water partition coefficient (Wildman–Crippen LogP) is 0.997. The molecule has 4 heteroatoms. The van der Waals surface area contributed by atoms with Crippen molar-refractivity contribution in [1.29, 1.82) is 0 Å². The van der Waals surface area contributed by atoms with Crippen LogP contribution in [0.2, 0.25) is 0 Å². The van der Waals surface area contributed by atoms with Crippen molar-refractivity contribution in [2.24, 2.45) is 10.8 Å². The molecule has 0 saturated carbocycles. The first-order valence-electron chi connectivity index (χ1n) is 3.83. The van der Waals surface area contributed by atoms with Gasteiger partial charge in [0.2, 0.25) is 0 Å². The molecule has 0 aliphatic heterocycles. The molecule has 0 radical (unpaired) electrons. The van der Waals surface area contributed by atoms with Gasteiger partial charge in [0.1, 0.15) is 0 Å². The van der Waals surface area contributed by atoms with Crippen LogP contribution in [0.4, 0.5) is 4.79 Å². The highest BCUT2D eigenvalue weighted by Crippen LogP contribution is 2.00. The molecule has 68 valence electrons. The molecule has 0 unspecified atom stereocenters. The van der Waals surface area contributed by atoms with Gasteiger partial charge in [-0.3, -0.25) is 0 Å². The van der Waals surface area contributed by atoms with Crippen LogP contribution in [0.15, 0.2) is 29.4 Å². The molecule has 1 aromatic carbocycles. The zero-order valence-electron chi connectivity index (χ0n) is 7.32. The highest BCUT2D eigenvalue weighted by molar-refractivity contribution is 5.81. The van der Waals surface area contributed by atoms with Crippen LogP contribution in [-0.4, -0.2) is 12.2 Å². The van der Waals surface area contributed by atoms with E-state index in [4.69, 9.17) is 5.73 Å². The van der Waals surface area contributed by atoms with Crippen molar-refractivity contribution in [2.75, 3.05) is 0 Å². The normalized spacial score (nSPS) is 10.2. The molecular formula is C9H11N3O. The Morgan fingerprint density at radius 3 is 3.00 bits per heavy atom. The molecule has 13 heavy (non-hydrogen) atoms. The molecule has 0 aliphatic carbocycles. The number of carbonyl (C=O) groups is 1. The third-order valence-electron chi connectivity index (χ3n) is 1.43. The lowest BCUT2D eigenvalue weighted by molar-refractivity contribution is 0.249. The third kappa shape index (κ3) is 3.37. The molecule has 0 spiro atoms. The van der Waals surface area contributed by atoms with Gasteiger partial charge < -0.3 is 5.73 Å². The Bertz CT molecular complexity index is 333. The minimum Gasteiger partial charge on any atom is -0.350 e. The monoisotopic (exact) mass is 177 g/mol. The van der Waals surface area contributed by atoms with Crippen molar-refractivity contribution >= 4 is 12.2 Å². The van der Waals surface area contributed by atoms with E-state index in [-0.39, 0.29) is 0 Å². The van der Waals surface area contributed by atoms with Gasteiger partial charge in [0.15, 0.2) is 0 Å². The fraction of sp³-hybridized carbons (Fsp3) is 0.111. The lowest BCUT2D eigenvalue weighted by Crippen LogP contribution is -2.24. The smallest absolute Gasteiger partial charge is 0.332 e. The van der Waals surface area contributed by atoms with E-state index in [0.29, 0.717) is 0 Å². The number of urea groups is 1. The van der Waals surface area contributed by atoms with Gasteiger partial charge in [-0.05, 0) is 12.5 Å². The summed E-state index contributed by atoms with van der Waals surface area (Å²) in [5, 5.41) is 3.63. The summed E-state index contributed by atoms with van der Waals surface area (Å²) in [7, 11) is 0. The van der Waals surface area contributed by atoms with Gasteiger partial charge in [-0.1, -0.05) is 29.8 Å². The van der Waals surface area contributed by atoms with Crippen LogP contribution in [0.5, 0.6) is 0 Å². The van der Waals surface area contributed by atoms with Gasteiger partial charge in [0.25, 0.3) is 0 Å². The second-order valence-electron chi connectivity index (χ2n) is 2.65. The number of rotatable bonds is 2. The van der Waals surface area contributed by atoms with E-state index in [1.54, 1.807) is 0 Å². The van der Waals surface area contributed by atoms with Crippen molar-refractivity contribution in [3.63, 3.8) is 0 Å². The zero-order valence-corrected chi connectivity index (χ0v) is 7.32. The number of nitrogens with one attached hydrogen (secondary N) is 1. The topological polar surface area (TPSA) is 67.5 Å². The Morgan fingerprint density at radius 1 is 1.62 bits per heavy atom. The lowest BCUT2D eigenvalue weighted by atomic mass is 10.2. The first-order chi connectivity index (χ1) is 6.18. The molecule has 2 amide bonds. The van der Waals surface area contributed by atoms with Crippen molar-refractivity contribution in [1.82, 2.24) is 5.43 Å². The molecule has 3 N–H and O–H groups in total. The second kappa shape index (κ2) is 4.25. The molecule has 4 nitrogen and oxygen atoms in total. The first kappa shape index (κ1) is 9.25. The van der Waals surface area contributed by atoms with Gasteiger partial charge in [0.05, 0.1) is 6.21 Å². The molecule has 0 atom stereocenters. The van der Waals surface area contributed by atoms with Crippen molar-refractivity contribution in [3.05, 3.63) is 35.4 Å². The maximum atomic E-state index is 10.3. The molecule has 0 aromatic heterocycles. The van der Waals surface area contributed by atoms with Crippen molar-refractivity contribution in [3.8, 4) is 0 Å². The molecule has 1 aromatic rings. The molecule has 0 aliphatic rings. The Kier molecular flexibility index (Phi) is 3.03. The van der Waals surface area contributed by atoms with E-state index < -0.39 is 6.03 Å². The number of amides is 2. The molecule has 0 saturated heterocycles. The van der Waals surface area contributed by atoms with Crippen molar-refractivity contribution in [2.45, 2.75) is 6.92 Å². The van der Waals surface area contributed by atoms with Crippen LogP contribution in [-0.2, 0) is 0 Å². The maximum Gasteiger partial charge on any atom is 0.332 e. The van der Waals surface area contributed by atoms with Crippen LogP contribution in [0.25, 0.3) is 0 Å². The van der Waals surface area contributed by atoms with Gasteiger partial charge >= 0.3 is 6.03 Å². The second-order valence-corrected chi connectivity index (χ2v) is 2.65. The maximum absolute atomic E-state index is 10.3. The quantitative estimate of drug-likeness (QED) is 0.513. The van der Waals surface area contributed by atoms with E-state index in [1.807, 2.05) is 31.2 Å². The largest absolute Gasteiger partial charge is 0.350 e. The third-order valence-corrected chi connectivity index (χ3v) is 1.43. The standard InChI is InChI=1S/C9H11N3O/c1-7-3-2-4-8(5-7)6-11-12-9(10)13/h2-6H,1H3,(H3,10,12,13)/b11-6+. The number of hydrogen-bond donors (Lipinski definition) is 2. The van der Waals surface area contributed by atoms with Gasteiger partial charge in [0, 0.05) is 0 Å². The Labute approximate surface area is 76.4 Å². The SMILES string of the molecule is Cc1cccc(/C=N/NC(N)=O)c1. The fourth-order valence-electron chi connectivity index (χ4n) is 0.921. The number of carbonyl (C=O) groups excluding carboxylic acids is 1. The fourth-order valence-corrected chi connectivity index (χ4v) is 0.921.